The molecule has 1 aliphatic heterocycles. The second-order valence-electron chi connectivity index (χ2n) is 5.00. The highest BCUT2D eigenvalue weighted by Crippen LogP contribution is 2.21. The third kappa shape index (κ3) is 3.54. The molecule has 0 saturated carbocycles. The van der Waals surface area contributed by atoms with Crippen LogP contribution in [-0.4, -0.2) is 61.4 Å². The predicted octanol–water partition coefficient (Wildman–Crippen LogP) is 0.538. The molecule has 1 aromatic rings. The van der Waals surface area contributed by atoms with Crippen LogP contribution in [0.25, 0.3) is 0 Å². The lowest BCUT2D eigenvalue weighted by atomic mass is 10.1. The van der Waals surface area contributed by atoms with E-state index in [9.17, 15) is 0 Å². The van der Waals surface area contributed by atoms with Crippen LogP contribution in [0.3, 0.4) is 0 Å². The van der Waals surface area contributed by atoms with Crippen LogP contribution >= 0.6 is 0 Å². The van der Waals surface area contributed by atoms with Gasteiger partial charge in [-0.3, -0.25) is 0 Å². The summed E-state index contributed by atoms with van der Waals surface area (Å²) in [6.45, 7) is 6.03. The number of rotatable bonds is 7. The van der Waals surface area contributed by atoms with Crippen molar-refractivity contribution >= 4 is 0 Å². The molecule has 5 nitrogen and oxygen atoms in total. The van der Waals surface area contributed by atoms with E-state index in [0.29, 0.717) is 5.92 Å². The fourth-order valence-corrected chi connectivity index (χ4v) is 2.40. The highest BCUT2D eigenvalue weighted by molar-refractivity contribution is 5.09. The van der Waals surface area contributed by atoms with Crippen molar-refractivity contribution in [1.82, 2.24) is 19.8 Å². The summed E-state index contributed by atoms with van der Waals surface area (Å²) in [6.07, 6.45) is 5.20. The summed E-state index contributed by atoms with van der Waals surface area (Å²) >= 11 is 0. The van der Waals surface area contributed by atoms with Crippen molar-refractivity contribution in [2.24, 2.45) is 0 Å². The molecule has 0 bridgehead atoms. The van der Waals surface area contributed by atoms with E-state index in [1.54, 1.807) is 7.11 Å². The Kier molecular flexibility index (Phi) is 5.16. The first-order valence-corrected chi connectivity index (χ1v) is 6.69. The summed E-state index contributed by atoms with van der Waals surface area (Å²) < 4.78 is 7.38. The molecule has 1 saturated heterocycles. The number of ether oxygens (including phenoxy) is 1. The highest BCUT2D eigenvalue weighted by atomic mass is 16.5. The fraction of sp³-hybridized carbons (Fsp3) is 0.769. The number of nitrogens with one attached hydrogen (secondary N) is 1. The van der Waals surface area contributed by atoms with Gasteiger partial charge in [0, 0.05) is 51.1 Å². The van der Waals surface area contributed by atoms with Gasteiger partial charge in [-0.1, -0.05) is 0 Å². The van der Waals surface area contributed by atoms with E-state index in [0.717, 1.165) is 39.3 Å². The van der Waals surface area contributed by atoms with Gasteiger partial charge in [0.15, 0.2) is 0 Å². The van der Waals surface area contributed by atoms with Gasteiger partial charge in [-0.15, -0.1) is 0 Å². The van der Waals surface area contributed by atoms with Gasteiger partial charge in [0.2, 0.25) is 0 Å². The Morgan fingerprint density at radius 1 is 1.56 bits per heavy atom. The van der Waals surface area contributed by atoms with Crippen molar-refractivity contribution in [3.05, 3.63) is 18.2 Å². The number of imidazole rings is 1. The summed E-state index contributed by atoms with van der Waals surface area (Å²) in [5.74, 6) is 0.636. The zero-order valence-electron chi connectivity index (χ0n) is 11.4. The summed E-state index contributed by atoms with van der Waals surface area (Å²) in [7, 11) is 3.88. The molecule has 1 N–H and O–H groups in total. The highest BCUT2D eigenvalue weighted by Gasteiger charge is 2.19. The number of nitrogens with zero attached hydrogens (tertiary/aromatic N) is 3. The van der Waals surface area contributed by atoms with Crippen molar-refractivity contribution in [2.45, 2.75) is 18.9 Å². The molecule has 2 heterocycles. The second-order valence-corrected chi connectivity index (χ2v) is 5.00. The van der Waals surface area contributed by atoms with E-state index >= 15 is 0 Å². The average molecular weight is 252 g/mol. The molecule has 0 amide bonds. The molecule has 1 aliphatic rings. The first kappa shape index (κ1) is 13.5. The number of aromatic nitrogens is 2. The van der Waals surface area contributed by atoms with E-state index < -0.39 is 0 Å². The summed E-state index contributed by atoms with van der Waals surface area (Å²) in [5.41, 5.74) is 1.38. The molecular weight excluding hydrogens is 228 g/mol. The van der Waals surface area contributed by atoms with Crippen molar-refractivity contribution in [2.75, 3.05) is 46.9 Å². The number of hydrogen-bond acceptors (Lipinski definition) is 4. The van der Waals surface area contributed by atoms with E-state index in [2.05, 4.69) is 26.8 Å². The Morgan fingerprint density at radius 3 is 3.17 bits per heavy atom. The Balaban J connectivity index is 1.83. The lowest BCUT2D eigenvalue weighted by Gasteiger charge is -2.18. The van der Waals surface area contributed by atoms with Gasteiger partial charge in [0.1, 0.15) is 0 Å². The third-order valence-electron chi connectivity index (χ3n) is 3.62. The second kappa shape index (κ2) is 6.87. The van der Waals surface area contributed by atoms with Crippen LogP contribution in [0.5, 0.6) is 0 Å². The maximum absolute atomic E-state index is 5.09. The van der Waals surface area contributed by atoms with Gasteiger partial charge < -0.3 is 19.5 Å². The predicted molar refractivity (Wildman–Crippen MR) is 71.8 cm³/mol. The largest absolute Gasteiger partial charge is 0.383 e. The van der Waals surface area contributed by atoms with Gasteiger partial charge in [-0.2, -0.15) is 0 Å². The minimum atomic E-state index is 0.636. The smallest absolute Gasteiger partial charge is 0.0948 e. The van der Waals surface area contributed by atoms with Crippen LogP contribution < -0.4 is 5.32 Å². The van der Waals surface area contributed by atoms with Gasteiger partial charge in [0.25, 0.3) is 0 Å². The minimum Gasteiger partial charge on any atom is -0.383 e. The van der Waals surface area contributed by atoms with Crippen molar-refractivity contribution < 1.29 is 4.74 Å². The monoisotopic (exact) mass is 252 g/mol. The molecule has 0 aliphatic carbocycles. The number of likely N-dealkylation sites (N-methyl/N-ethyl adjacent to an activating group) is 1. The summed E-state index contributed by atoms with van der Waals surface area (Å²) in [5, 5.41) is 3.41. The zero-order chi connectivity index (χ0) is 12.8. The molecule has 1 fully saturated rings. The van der Waals surface area contributed by atoms with E-state index in [1.807, 2.05) is 12.5 Å². The van der Waals surface area contributed by atoms with Crippen molar-refractivity contribution in [1.29, 1.82) is 0 Å². The van der Waals surface area contributed by atoms with E-state index in [4.69, 9.17) is 4.74 Å². The lowest BCUT2D eigenvalue weighted by molar-refractivity contribution is 0.159. The Bertz CT molecular complexity index is 347. The quantitative estimate of drug-likeness (QED) is 0.769. The van der Waals surface area contributed by atoms with Crippen molar-refractivity contribution in [3.63, 3.8) is 0 Å². The summed E-state index contributed by atoms with van der Waals surface area (Å²) in [4.78, 5) is 6.59. The number of methoxy groups -OCH3 is 1. The van der Waals surface area contributed by atoms with Gasteiger partial charge >= 0.3 is 0 Å². The molecule has 0 radical (unpaired) electrons. The van der Waals surface area contributed by atoms with Gasteiger partial charge in [-0.25, -0.2) is 4.98 Å². The first-order chi connectivity index (χ1) is 8.81. The molecule has 0 aromatic carbocycles. The van der Waals surface area contributed by atoms with Crippen LogP contribution in [0.4, 0.5) is 0 Å². The van der Waals surface area contributed by atoms with Crippen LogP contribution in [0, 0.1) is 0 Å². The molecular formula is C13H24N4O. The van der Waals surface area contributed by atoms with Gasteiger partial charge in [-0.05, 0) is 20.0 Å². The normalized spacial score (nSPS) is 19.8. The standard InChI is InChI=1S/C13H24N4O/c1-16(7-8-18-2)5-6-17-11-15-10-13(17)12-3-4-14-9-12/h10-12,14H,3-9H2,1-2H3. The maximum atomic E-state index is 5.09. The molecule has 102 valence electrons. The van der Waals surface area contributed by atoms with Crippen LogP contribution in [0.15, 0.2) is 12.5 Å². The van der Waals surface area contributed by atoms with Crippen LogP contribution in [-0.2, 0) is 11.3 Å². The van der Waals surface area contributed by atoms with Crippen molar-refractivity contribution in [3.8, 4) is 0 Å². The first-order valence-electron chi connectivity index (χ1n) is 6.69. The third-order valence-corrected chi connectivity index (χ3v) is 3.62. The molecule has 0 spiro atoms. The van der Waals surface area contributed by atoms with Crippen LogP contribution in [0.1, 0.15) is 18.0 Å². The SMILES string of the molecule is COCCN(C)CCn1cncc1C1CCNC1. The number of hydrogen-bond donors (Lipinski definition) is 1. The zero-order valence-corrected chi connectivity index (χ0v) is 11.4. The van der Waals surface area contributed by atoms with Crippen LogP contribution in [0.2, 0.25) is 0 Å². The molecule has 18 heavy (non-hydrogen) atoms. The average Bonchev–Trinajstić information content (AvgIpc) is 3.03. The lowest BCUT2D eigenvalue weighted by Crippen LogP contribution is -2.27. The van der Waals surface area contributed by atoms with E-state index in [1.165, 1.54) is 12.1 Å². The Hall–Kier alpha value is -0.910. The molecule has 1 unspecified atom stereocenters. The molecule has 1 aromatic heterocycles. The molecule has 5 heteroatoms. The van der Waals surface area contributed by atoms with E-state index in [-0.39, 0.29) is 0 Å². The minimum absolute atomic E-state index is 0.636. The Labute approximate surface area is 109 Å². The maximum Gasteiger partial charge on any atom is 0.0948 e. The summed E-state index contributed by atoms with van der Waals surface area (Å²) in [6, 6.07) is 0. The molecule has 2 rings (SSSR count). The topological polar surface area (TPSA) is 42.3 Å². The van der Waals surface area contributed by atoms with Gasteiger partial charge in [0.05, 0.1) is 12.9 Å². The Morgan fingerprint density at radius 2 is 2.44 bits per heavy atom. The molecule has 1 atom stereocenters. The fourth-order valence-electron chi connectivity index (χ4n) is 2.40.